The van der Waals surface area contributed by atoms with Crippen molar-refractivity contribution in [2.45, 2.75) is 99.0 Å². The molecule has 3 aromatic rings. The fourth-order valence-electron chi connectivity index (χ4n) is 6.33. The molecule has 0 bridgehead atoms. The number of fused-ring (bicyclic) bond motifs is 1. The highest BCUT2D eigenvalue weighted by atomic mass is 16.8. The zero-order chi connectivity index (χ0) is 39.3. The first kappa shape index (κ1) is 39.5. The fraction of sp³-hybridized carbons (Fsp3) is 0.515. The number of ether oxygens (including phenoxy) is 6. The Labute approximate surface area is 302 Å². The molecule has 1 aromatic heterocycles. The van der Waals surface area contributed by atoms with Gasteiger partial charge in [0, 0.05) is 17.7 Å². The molecule has 296 valence electrons. The number of aliphatic hydroxyl groups is 8. The number of carboxylic acids is 1. The minimum absolute atomic E-state index is 0.0406. The van der Waals surface area contributed by atoms with Gasteiger partial charge in [0.15, 0.2) is 30.5 Å². The second-order valence-electron chi connectivity index (χ2n) is 12.9. The van der Waals surface area contributed by atoms with Crippen LogP contribution in [-0.2, 0) is 28.5 Å². The molecule has 12 N–H and O–H groups in total. The first-order valence-electron chi connectivity index (χ1n) is 16.4. The number of hydrogen-bond acceptors (Lipinski definition) is 20. The van der Waals surface area contributed by atoms with Crippen molar-refractivity contribution in [1.29, 1.82) is 0 Å². The lowest BCUT2D eigenvalue weighted by Crippen LogP contribution is -2.68. The van der Waals surface area contributed by atoms with Crippen LogP contribution in [0, 0.1) is 0 Å². The van der Waals surface area contributed by atoms with E-state index in [1.165, 1.54) is 31.2 Å². The van der Waals surface area contributed by atoms with Crippen molar-refractivity contribution in [1.82, 2.24) is 0 Å². The molecule has 0 aliphatic carbocycles. The van der Waals surface area contributed by atoms with Crippen LogP contribution in [-0.4, -0.2) is 166 Å². The molecule has 3 aliphatic rings. The lowest BCUT2D eigenvalue weighted by molar-refractivity contribution is -0.380. The molecule has 0 unspecified atom stereocenters. The molecular weight excluding hydrogens is 732 g/mol. The van der Waals surface area contributed by atoms with Gasteiger partial charge in [-0.3, -0.25) is 4.79 Å². The lowest BCUT2D eigenvalue weighted by atomic mass is 9.96. The maximum absolute atomic E-state index is 14.1. The second kappa shape index (κ2) is 15.5. The van der Waals surface area contributed by atoms with Crippen molar-refractivity contribution in [2.24, 2.45) is 0 Å². The summed E-state index contributed by atoms with van der Waals surface area (Å²) in [5, 5.41) is 124. The molecule has 54 heavy (non-hydrogen) atoms. The van der Waals surface area contributed by atoms with E-state index in [0.717, 1.165) is 12.1 Å². The molecule has 6 rings (SSSR count). The van der Waals surface area contributed by atoms with Crippen LogP contribution in [0.2, 0.25) is 0 Å². The van der Waals surface area contributed by atoms with Crippen LogP contribution in [0.1, 0.15) is 6.92 Å². The van der Waals surface area contributed by atoms with Gasteiger partial charge >= 0.3 is 5.97 Å². The number of hydrogen-bond donors (Lipinski definition) is 12. The molecular formula is C33H38O21. The van der Waals surface area contributed by atoms with Crippen molar-refractivity contribution in [3.8, 4) is 34.3 Å². The molecule has 15 atom stereocenters. The van der Waals surface area contributed by atoms with E-state index >= 15 is 0 Å². The average Bonchev–Trinajstić information content (AvgIpc) is 3.12. The molecule has 0 spiro atoms. The van der Waals surface area contributed by atoms with Gasteiger partial charge < -0.3 is 94.1 Å². The van der Waals surface area contributed by atoms with E-state index in [4.69, 9.17) is 32.8 Å². The standard InChI is InChI=1S/C33H38O21/c1-9-17(38)20(41)22(43)31(48-9)54-29-27(51-32-23(44)21(42)18(39)15(8-34)50-32)24(45)28(30(46)47)53-33(29)52-26-19(40)16-13(37)6-12(36)7-14(16)49-25(26)10-2-4-11(35)5-3-10/h2-7,9,15,17-18,20-24,27-29,31-39,41-45H,8H2,1H3,(H,46,47)/t9-,15+,17-,18-,20+,21+,22+,23+,24+,27+,28-,29+,31+,32-,33-/m0/s1. The van der Waals surface area contributed by atoms with Gasteiger partial charge in [-0.15, -0.1) is 0 Å². The average molecular weight is 771 g/mol. The second-order valence-corrected chi connectivity index (χ2v) is 12.9. The summed E-state index contributed by atoms with van der Waals surface area (Å²) < 4.78 is 40.1. The molecule has 3 fully saturated rings. The predicted molar refractivity (Wildman–Crippen MR) is 172 cm³/mol. The van der Waals surface area contributed by atoms with Gasteiger partial charge in [0.1, 0.15) is 83.2 Å². The number of benzene rings is 2. The first-order valence-corrected chi connectivity index (χ1v) is 16.4. The monoisotopic (exact) mass is 770 g/mol. The number of carboxylic acid groups (broad SMARTS) is 1. The number of phenols is 3. The third-order valence-electron chi connectivity index (χ3n) is 9.28. The van der Waals surface area contributed by atoms with Crippen LogP contribution in [0.25, 0.3) is 22.3 Å². The quantitative estimate of drug-likeness (QED) is 0.100. The Morgan fingerprint density at radius 2 is 1.33 bits per heavy atom. The summed E-state index contributed by atoms with van der Waals surface area (Å²) in [6.07, 6.45) is -29.3. The number of phenolic OH excluding ortho intramolecular Hbond substituents is 3. The number of rotatable bonds is 9. The Balaban J connectivity index is 1.49. The van der Waals surface area contributed by atoms with Crippen molar-refractivity contribution in [3.05, 3.63) is 46.6 Å². The van der Waals surface area contributed by atoms with E-state index in [2.05, 4.69) is 0 Å². The molecule has 0 amide bonds. The van der Waals surface area contributed by atoms with Gasteiger partial charge in [0.05, 0.1) is 12.7 Å². The van der Waals surface area contributed by atoms with Crippen LogP contribution in [0.4, 0.5) is 0 Å². The maximum Gasteiger partial charge on any atom is 0.335 e. The molecule has 3 aliphatic heterocycles. The van der Waals surface area contributed by atoms with E-state index in [0.29, 0.717) is 0 Å². The molecule has 21 nitrogen and oxygen atoms in total. The Hall–Kier alpha value is -4.20. The topological polar surface area (TPSA) is 345 Å². The highest BCUT2D eigenvalue weighted by Crippen LogP contribution is 2.39. The van der Waals surface area contributed by atoms with E-state index in [9.17, 15) is 70.9 Å². The summed E-state index contributed by atoms with van der Waals surface area (Å²) >= 11 is 0. The first-order chi connectivity index (χ1) is 25.5. The van der Waals surface area contributed by atoms with Crippen molar-refractivity contribution in [3.63, 3.8) is 0 Å². The summed E-state index contributed by atoms with van der Waals surface area (Å²) in [4.78, 5) is 26.6. The predicted octanol–water partition coefficient (Wildman–Crippen LogP) is -3.48. The Morgan fingerprint density at radius 1 is 0.722 bits per heavy atom. The normalized spacial score (nSPS) is 37.2. The minimum atomic E-state index is -2.30. The van der Waals surface area contributed by atoms with Crippen LogP contribution >= 0.6 is 0 Å². The number of aromatic hydroxyl groups is 3. The summed E-state index contributed by atoms with van der Waals surface area (Å²) in [7, 11) is 0. The zero-order valence-corrected chi connectivity index (χ0v) is 27.9. The molecule has 2 aromatic carbocycles. The Bertz CT molecular complexity index is 1870. The molecule has 21 heteroatoms. The van der Waals surface area contributed by atoms with E-state index in [1.54, 1.807) is 0 Å². The van der Waals surface area contributed by atoms with Crippen LogP contribution in [0.5, 0.6) is 23.0 Å². The van der Waals surface area contributed by atoms with Crippen LogP contribution < -0.4 is 10.2 Å². The van der Waals surface area contributed by atoms with Gasteiger partial charge in [-0.05, 0) is 31.2 Å². The zero-order valence-electron chi connectivity index (χ0n) is 27.9. The van der Waals surface area contributed by atoms with Crippen molar-refractivity contribution < 1.29 is 98.9 Å². The van der Waals surface area contributed by atoms with Gasteiger partial charge in [-0.25, -0.2) is 4.79 Å². The SMILES string of the molecule is C[C@@H]1O[C@H](O[C@H]2[C@@H](Oc3c(-c4ccc(O)cc4)oc4cc(O)cc(O)c4c3=O)O[C@H](C(=O)O)[C@H](O)[C@H]2O[C@@H]2O[C@H](CO)[C@H](O)[C@@H](O)[C@H]2O)[C@H](O)[C@H](O)[C@H]1O. The minimum Gasteiger partial charge on any atom is -0.508 e. The van der Waals surface area contributed by atoms with E-state index in [-0.39, 0.29) is 16.9 Å². The number of aliphatic carboxylic acids is 1. The number of aliphatic hydroxyl groups excluding tert-OH is 8. The summed E-state index contributed by atoms with van der Waals surface area (Å²) in [5.74, 6) is -4.57. The highest BCUT2D eigenvalue weighted by molar-refractivity contribution is 5.88. The largest absolute Gasteiger partial charge is 0.508 e. The number of carbonyl (C=O) groups is 1. The third-order valence-corrected chi connectivity index (χ3v) is 9.28. The van der Waals surface area contributed by atoms with Gasteiger partial charge in [0.2, 0.25) is 17.5 Å². The van der Waals surface area contributed by atoms with E-state index < -0.39 is 139 Å². The molecule has 0 saturated carbocycles. The van der Waals surface area contributed by atoms with Crippen LogP contribution in [0.15, 0.2) is 45.6 Å². The van der Waals surface area contributed by atoms with Gasteiger partial charge in [0.25, 0.3) is 0 Å². The molecule has 4 heterocycles. The lowest BCUT2D eigenvalue weighted by Gasteiger charge is -2.48. The van der Waals surface area contributed by atoms with Gasteiger partial charge in [-0.1, -0.05) is 0 Å². The van der Waals surface area contributed by atoms with Gasteiger partial charge in [-0.2, -0.15) is 0 Å². The molecule has 0 radical (unpaired) electrons. The smallest absolute Gasteiger partial charge is 0.335 e. The Morgan fingerprint density at radius 3 is 1.96 bits per heavy atom. The summed E-state index contributed by atoms with van der Waals surface area (Å²) in [6.45, 7) is 0.389. The van der Waals surface area contributed by atoms with Crippen molar-refractivity contribution in [2.75, 3.05) is 6.61 Å². The highest BCUT2D eigenvalue weighted by Gasteiger charge is 2.56. The summed E-state index contributed by atoms with van der Waals surface area (Å²) in [6, 6.07) is 6.78. The molecule has 3 saturated heterocycles. The Kier molecular flexibility index (Phi) is 11.3. The van der Waals surface area contributed by atoms with E-state index in [1.807, 2.05) is 0 Å². The third kappa shape index (κ3) is 7.29. The fourth-order valence-corrected chi connectivity index (χ4v) is 6.33. The van der Waals surface area contributed by atoms with Crippen LogP contribution in [0.3, 0.4) is 0 Å². The summed E-state index contributed by atoms with van der Waals surface area (Å²) in [5.41, 5.74) is -1.45. The van der Waals surface area contributed by atoms with Crippen molar-refractivity contribution >= 4 is 16.9 Å². The maximum atomic E-state index is 14.1.